The van der Waals surface area contributed by atoms with E-state index in [-0.39, 0.29) is 0 Å². The monoisotopic (exact) mass is 283 g/mol. The molecule has 0 spiro atoms. The summed E-state index contributed by atoms with van der Waals surface area (Å²) in [6, 6.07) is 0.544. The summed E-state index contributed by atoms with van der Waals surface area (Å²) < 4.78 is 51.8. The molecule has 100 valence electrons. The Bertz CT molecular complexity index is 589. The van der Waals surface area contributed by atoms with E-state index >= 15 is 0 Å². The first-order chi connectivity index (χ1) is 8.18. The van der Waals surface area contributed by atoms with Gasteiger partial charge in [0.2, 0.25) is 10.0 Å². The third-order valence-electron chi connectivity index (χ3n) is 1.87. The van der Waals surface area contributed by atoms with Crippen LogP contribution in [-0.4, -0.2) is 25.4 Å². The van der Waals surface area contributed by atoms with Crippen LogP contribution < -0.4 is 9.88 Å². The second-order valence-electron chi connectivity index (χ2n) is 3.00. The van der Waals surface area contributed by atoms with Crippen molar-refractivity contribution in [3.8, 4) is 5.75 Å². The van der Waals surface area contributed by atoms with Gasteiger partial charge >= 0.3 is 12.2 Å². The van der Waals surface area contributed by atoms with E-state index in [1.165, 1.54) is 0 Å². The van der Waals surface area contributed by atoms with Gasteiger partial charge in [0.15, 0.2) is 10.6 Å². The Kier molecular flexibility index (Phi) is 3.76. The SMILES string of the molecule is COc1cc(S(N)(=O)=O)c([N+](=O)[O-])nc1C(F)F. The molecule has 0 aliphatic rings. The molecule has 1 aromatic heterocycles. The molecule has 11 heteroatoms. The lowest BCUT2D eigenvalue weighted by Gasteiger charge is -2.06. The van der Waals surface area contributed by atoms with Crippen LogP contribution in [0.1, 0.15) is 12.1 Å². The quantitative estimate of drug-likeness (QED) is 0.636. The molecule has 0 atom stereocenters. The maximum atomic E-state index is 12.5. The zero-order valence-electron chi connectivity index (χ0n) is 8.83. The molecular formula is C7H7F2N3O5S. The maximum absolute atomic E-state index is 12.5. The highest BCUT2D eigenvalue weighted by Crippen LogP contribution is 2.33. The molecular weight excluding hydrogens is 276 g/mol. The van der Waals surface area contributed by atoms with E-state index < -0.39 is 43.5 Å². The molecule has 0 bridgehead atoms. The standard InChI is InChI=1S/C7H7F2N3O5S/c1-17-3-2-4(18(10,15)16)7(12(13)14)11-5(3)6(8)9/h2,6H,1H3,(H2,10,15,16). The second kappa shape index (κ2) is 4.78. The molecule has 1 aromatic rings. The fourth-order valence-corrected chi connectivity index (χ4v) is 1.79. The number of methoxy groups -OCH3 is 1. The van der Waals surface area contributed by atoms with E-state index in [1.807, 2.05) is 0 Å². The third kappa shape index (κ3) is 2.68. The van der Waals surface area contributed by atoms with Crippen molar-refractivity contribution in [3.63, 3.8) is 0 Å². The molecule has 2 N–H and O–H groups in total. The van der Waals surface area contributed by atoms with Crippen LogP contribution in [0.25, 0.3) is 0 Å². The number of nitrogens with two attached hydrogens (primary N) is 1. The van der Waals surface area contributed by atoms with Gasteiger partial charge in [-0.2, -0.15) is 0 Å². The molecule has 0 aromatic carbocycles. The zero-order chi connectivity index (χ0) is 14.1. The van der Waals surface area contributed by atoms with Crippen LogP contribution in [0.4, 0.5) is 14.6 Å². The lowest BCUT2D eigenvalue weighted by Crippen LogP contribution is -2.16. The van der Waals surface area contributed by atoms with Crippen molar-refractivity contribution in [2.45, 2.75) is 11.3 Å². The summed E-state index contributed by atoms with van der Waals surface area (Å²) in [5.74, 6) is -1.87. The summed E-state index contributed by atoms with van der Waals surface area (Å²) >= 11 is 0. The first-order valence-electron chi connectivity index (χ1n) is 4.22. The number of nitro groups is 1. The van der Waals surface area contributed by atoms with Gasteiger partial charge in [-0.15, -0.1) is 0 Å². The van der Waals surface area contributed by atoms with Gasteiger partial charge in [0.1, 0.15) is 0 Å². The number of hydrogen-bond donors (Lipinski definition) is 1. The van der Waals surface area contributed by atoms with Crippen LogP contribution in [0, 0.1) is 10.1 Å². The van der Waals surface area contributed by atoms with Crippen LogP contribution in [-0.2, 0) is 10.0 Å². The highest BCUT2D eigenvalue weighted by molar-refractivity contribution is 7.89. The highest BCUT2D eigenvalue weighted by Gasteiger charge is 2.32. The van der Waals surface area contributed by atoms with Crippen LogP contribution in [0.5, 0.6) is 5.75 Å². The molecule has 8 nitrogen and oxygen atoms in total. The molecule has 0 saturated carbocycles. The summed E-state index contributed by atoms with van der Waals surface area (Å²) in [4.78, 5) is 11.3. The van der Waals surface area contributed by atoms with Gasteiger partial charge in [0.25, 0.3) is 5.69 Å². The van der Waals surface area contributed by atoms with E-state index in [1.54, 1.807) is 0 Å². The minimum Gasteiger partial charge on any atom is -0.492 e. The van der Waals surface area contributed by atoms with Crippen molar-refractivity contribution in [2.24, 2.45) is 5.14 Å². The van der Waals surface area contributed by atoms with E-state index in [0.717, 1.165) is 7.11 Å². The first kappa shape index (κ1) is 14.2. The Morgan fingerprint density at radius 2 is 2.11 bits per heavy atom. The fraction of sp³-hybridized carbons (Fsp3) is 0.286. The normalized spacial score (nSPS) is 11.6. The largest absolute Gasteiger partial charge is 0.492 e. The molecule has 0 radical (unpaired) electrons. The Hall–Kier alpha value is -1.88. The van der Waals surface area contributed by atoms with E-state index in [2.05, 4.69) is 9.72 Å². The van der Waals surface area contributed by atoms with Gasteiger partial charge in [-0.05, 0) is 9.91 Å². The molecule has 0 aliphatic carbocycles. The van der Waals surface area contributed by atoms with Gasteiger partial charge in [-0.3, -0.25) is 0 Å². The van der Waals surface area contributed by atoms with Gasteiger partial charge in [-0.25, -0.2) is 22.3 Å². The molecule has 1 rings (SSSR count). The molecule has 0 aliphatic heterocycles. The summed E-state index contributed by atoms with van der Waals surface area (Å²) in [6.45, 7) is 0. The zero-order valence-corrected chi connectivity index (χ0v) is 9.65. The summed E-state index contributed by atoms with van der Waals surface area (Å²) in [7, 11) is -3.49. The minimum atomic E-state index is -4.48. The van der Waals surface area contributed by atoms with Gasteiger partial charge in [0.05, 0.1) is 7.11 Å². The van der Waals surface area contributed by atoms with Crippen molar-refractivity contribution in [3.05, 3.63) is 21.9 Å². The molecule has 18 heavy (non-hydrogen) atoms. The average Bonchev–Trinajstić information content (AvgIpc) is 2.25. The number of rotatable bonds is 4. The average molecular weight is 283 g/mol. The number of primary sulfonamides is 1. The molecule has 1 heterocycles. The lowest BCUT2D eigenvalue weighted by molar-refractivity contribution is -0.392. The van der Waals surface area contributed by atoms with Gasteiger partial charge < -0.3 is 14.9 Å². The summed E-state index contributed by atoms with van der Waals surface area (Å²) in [6.07, 6.45) is -3.16. The van der Waals surface area contributed by atoms with Crippen molar-refractivity contribution >= 4 is 15.8 Å². The van der Waals surface area contributed by atoms with Crippen molar-refractivity contribution in [2.75, 3.05) is 7.11 Å². The number of sulfonamides is 1. The molecule has 0 amide bonds. The number of aromatic nitrogens is 1. The molecule has 0 saturated heterocycles. The fourth-order valence-electron chi connectivity index (χ4n) is 1.14. The minimum absolute atomic E-state index is 0.544. The maximum Gasteiger partial charge on any atom is 0.384 e. The van der Waals surface area contributed by atoms with Gasteiger partial charge in [0, 0.05) is 6.07 Å². The number of hydrogen-bond acceptors (Lipinski definition) is 6. The molecule has 0 fully saturated rings. The predicted octanol–water partition coefficient (Wildman–Crippen LogP) is 0.583. The van der Waals surface area contributed by atoms with Crippen LogP contribution in [0.2, 0.25) is 0 Å². The Morgan fingerprint density at radius 1 is 1.56 bits per heavy atom. The van der Waals surface area contributed by atoms with E-state index in [9.17, 15) is 27.3 Å². The highest BCUT2D eigenvalue weighted by atomic mass is 32.2. The Balaban J connectivity index is 3.68. The number of halogens is 2. The second-order valence-corrected chi connectivity index (χ2v) is 4.53. The van der Waals surface area contributed by atoms with E-state index in [0.29, 0.717) is 6.07 Å². The summed E-state index contributed by atoms with van der Waals surface area (Å²) in [5.41, 5.74) is -1.03. The van der Waals surface area contributed by atoms with Crippen molar-refractivity contribution in [1.29, 1.82) is 0 Å². The molecule has 0 unspecified atom stereocenters. The Labute approximate surface area is 99.6 Å². The lowest BCUT2D eigenvalue weighted by atomic mass is 10.3. The first-order valence-corrected chi connectivity index (χ1v) is 5.77. The number of ether oxygens (including phenoxy) is 1. The number of pyridine rings is 1. The van der Waals surface area contributed by atoms with Crippen molar-refractivity contribution < 1.29 is 26.9 Å². The topological polar surface area (TPSA) is 125 Å². The summed E-state index contributed by atoms with van der Waals surface area (Å²) in [5, 5.41) is 15.3. The predicted molar refractivity (Wildman–Crippen MR) is 53.8 cm³/mol. The van der Waals surface area contributed by atoms with Crippen LogP contribution in [0.3, 0.4) is 0 Å². The van der Waals surface area contributed by atoms with Crippen LogP contribution >= 0.6 is 0 Å². The van der Waals surface area contributed by atoms with Crippen LogP contribution in [0.15, 0.2) is 11.0 Å². The van der Waals surface area contributed by atoms with E-state index in [4.69, 9.17) is 5.14 Å². The Morgan fingerprint density at radius 3 is 2.44 bits per heavy atom. The third-order valence-corrected chi connectivity index (χ3v) is 2.78. The number of nitrogens with zero attached hydrogens (tertiary/aromatic N) is 2. The van der Waals surface area contributed by atoms with Gasteiger partial charge in [-0.1, -0.05) is 0 Å². The number of alkyl halides is 2. The smallest absolute Gasteiger partial charge is 0.384 e. The van der Waals surface area contributed by atoms with Crippen molar-refractivity contribution in [1.82, 2.24) is 4.98 Å².